The highest BCUT2D eigenvalue weighted by Gasteiger charge is 2.33. The summed E-state index contributed by atoms with van der Waals surface area (Å²) in [7, 11) is 0. The minimum atomic E-state index is -4.48. The number of halogens is 3. The van der Waals surface area contributed by atoms with Gasteiger partial charge in [-0.3, -0.25) is 4.79 Å². The van der Waals surface area contributed by atoms with Crippen molar-refractivity contribution in [3.8, 4) is 0 Å². The molecule has 0 saturated carbocycles. The number of primary amides is 1. The Hall–Kier alpha value is -1.76. The van der Waals surface area contributed by atoms with Crippen molar-refractivity contribution in [1.82, 2.24) is 0 Å². The molecule has 0 radical (unpaired) electrons. The molecular formula is C14H20F3N3O. The monoisotopic (exact) mass is 303 g/mol. The van der Waals surface area contributed by atoms with Gasteiger partial charge in [0.25, 0.3) is 0 Å². The Morgan fingerprint density at radius 2 is 2.00 bits per heavy atom. The van der Waals surface area contributed by atoms with Crippen LogP contribution < -0.4 is 16.4 Å². The van der Waals surface area contributed by atoms with Crippen LogP contribution >= 0.6 is 0 Å². The molecule has 1 aromatic rings. The molecule has 0 atom stereocenters. The number of carbonyl (C=O) groups is 1. The zero-order chi connectivity index (χ0) is 16.0. The van der Waals surface area contributed by atoms with Crippen molar-refractivity contribution in [3.05, 3.63) is 29.3 Å². The van der Waals surface area contributed by atoms with Crippen LogP contribution in [0.5, 0.6) is 0 Å². The van der Waals surface area contributed by atoms with Gasteiger partial charge in [0.05, 0.1) is 12.1 Å². The predicted octanol–water partition coefficient (Wildman–Crippen LogP) is 2.26. The summed E-state index contributed by atoms with van der Waals surface area (Å²) in [5.41, 5.74) is 10.1. The number of hydrogen-bond donors (Lipinski definition) is 2. The maximum Gasteiger partial charge on any atom is 0.416 e. The molecule has 0 unspecified atom stereocenters. The maximum atomic E-state index is 13.0. The molecule has 4 nitrogen and oxygen atoms in total. The molecular weight excluding hydrogens is 283 g/mol. The smallest absolute Gasteiger partial charge is 0.368 e. The lowest BCUT2D eigenvalue weighted by atomic mass is 10.1. The molecule has 0 spiro atoms. The average Bonchev–Trinajstić information content (AvgIpc) is 2.41. The molecule has 4 N–H and O–H groups in total. The Labute approximate surface area is 121 Å². The highest BCUT2D eigenvalue weighted by atomic mass is 19.4. The minimum Gasteiger partial charge on any atom is -0.368 e. The van der Waals surface area contributed by atoms with E-state index >= 15 is 0 Å². The summed E-state index contributed by atoms with van der Waals surface area (Å²) in [6.45, 7) is 2.12. The fourth-order valence-corrected chi connectivity index (χ4v) is 2.04. The molecule has 0 aliphatic heterocycles. The van der Waals surface area contributed by atoms with Crippen molar-refractivity contribution in [2.24, 2.45) is 11.5 Å². The van der Waals surface area contributed by atoms with Gasteiger partial charge in [0, 0.05) is 18.8 Å². The van der Waals surface area contributed by atoms with Gasteiger partial charge in [-0.15, -0.1) is 0 Å². The quantitative estimate of drug-likeness (QED) is 0.811. The lowest BCUT2D eigenvalue weighted by Gasteiger charge is -2.25. The van der Waals surface area contributed by atoms with Gasteiger partial charge in [-0.1, -0.05) is 19.4 Å². The molecule has 1 rings (SSSR count). The predicted molar refractivity (Wildman–Crippen MR) is 75.7 cm³/mol. The number of unbranched alkanes of at least 4 members (excludes halogenated alkanes) is 1. The van der Waals surface area contributed by atoms with Gasteiger partial charge < -0.3 is 16.4 Å². The Kier molecular flexibility index (Phi) is 6.02. The fraction of sp³-hybridized carbons (Fsp3) is 0.500. The summed E-state index contributed by atoms with van der Waals surface area (Å²) < 4.78 is 39.1. The summed E-state index contributed by atoms with van der Waals surface area (Å²) in [5, 5.41) is 0. The largest absolute Gasteiger partial charge is 0.416 e. The Balaban J connectivity index is 3.16. The molecule has 21 heavy (non-hydrogen) atoms. The average molecular weight is 303 g/mol. The molecule has 0 aliphatic rings. The molecule has 118 valence electrons. The van der Waals surface area contributed by atoms with Crippen molar-refractivity contribution in [2.45, 2.75) is 32.5 Å². The molecule has 0 aromatic heterocycles. The third kappa shape index (κ3) is 4.93. The van der Waals surface area contributed by atoms with E-state index in [1.54, 1.807) is 4.90 Å². The molecule has 7 heteroatoms. The third-order valence-corrected chi connectivity index (χ3v) is 3.11. The van der Waals surface area contributed by atoms with E-state index in [0.717, 1.165) is 18.9 Å². The maximum absolute atomic E-state index is 13.0. The van der Waals surface area contributed by atoms with Gasteiger partial charge in [0.15, 0.2) is 0 Å². The summed E-state index contributed by atoms with van der Waals surface area (Å²) >= 11 is 0. The van der Waals surface area contributed by atoms with Gasteiger partial charge >= 0.3 is 6.18 Å². The topological polar surface area (TPSA) is 72.3 Å². The van der Waals surface area contributed by atoms with Crippen molar-refractivity contribution >= 4 is 11.6 Å². The van der Waals surface area contributed by atoms with Crippen LogP contribution in [0.4, 0.5) is 18.9 Å². The standard InChI is InChI=1S/C14H20F3N3O/c1-2-3-6-20(9-13(19)21)11-5-4-10(8-18)12(7-11)14(15,16)17/h4-5,7H,2-3,6,8-9,18H2,1H3,(H2,19,21). The molecule has 0 fully saturated rings. The van der Waals surface area contributed by atoms with Gasteiger partial charge in [-0.25, -0.2) is 0 Å². The van der Waals surface area contributed by atoms with E-state index in [0.29, 0.717) is 12.2 Å². The van der Waals surface area contributed by atoms with Crippen LogP contribution in [-0.2, 0) is 17.5 Å². The lowest BCUT2D eigenvalue weighted by molar-refractivity contribution is -0.138. The van der Waals surface area contributed by atoms with Crippen LogP contribution in [0.25, 0.3) is 0 Å². The molecule has 0 aliphatic carbocycles. The van der Waals surface area contributed by atoms with E-state index in [-0.39, 0.29) is 18.7 Å². The number of nitrogens with zero attached hydrogens (tertiary/aromatic N) is 1. The molecule has 0 bridgehead atoms. The van der Waals surface area contributed by atoms with Crippen LogP contribution in [0.1, 0.15) is 30.9 Å². The number of anilines is 1. The van der Waals surface area contributed by atoms with Crippen molar-refractivity contribution < 1.29 is 18.0 Å². The molecule has 1 amide bonds. The second-order valence-corrected chi connectivity index (χ2v) is 4.78. The van der Waals surface area contributed by atoms with Gasteiger partial charge in [-0.05, 0) is 24.1 Å². The van der Waals surface area contributed by atoms with Crippen molar-refractivity contribution in [3.63, 3.8) is 0 Å². The van der Waals surface area contributed by atoms with Gasteiger partial charge in [0.1, 0.15) is 0 Å². The van der Waals surface area contributed by atoms with Gasteiger partial charge in [0.2, 0.25) is 5.91 Å². The zero-order valence-corrected chi connectivity index (χ0v) is 11.9. The number of rotatable bonds is 7. The summed E-state index contributed by atoms with van der Waals surface area (Å²) in [6, 6.07) is 3.91. The Morgan fingerprint density at radius 3 is 2.48 bits per heavy atom. The minimum absolute atomic E-state index is 0.0285. The van der Waals surface area contributed by atoms with Crippen molar-refractivity contribution in [1.29, 1.82) is 0 Å². The third-order valence-electron chi connectivity index (χ3n) is 3.11. The highest BCUT2D eigenvalue weighted by Crippen LogP contribution is 2.34. The van der Waals surface area contributed by atoms with E-state index in [4.69, 9.17) is 11.5 Å². The van der Waals surface area contributed by atoms with E-state index < -0.39 is 17.6 Å². The van der Waals surface area contributed by atoms with Crippen molar-refractivity contribution in [2.75, 3.05) is 18.0 Å². The second kappa shape index (κ2) is 7.31. The molecule has 0 heterocycles. The summed E-state index contributed by atoms with van der Waals surface area (Å²) in [4.78, 5) is 12.6. The summed E-state index contributed by atoms with van der Waals surface area (Å²) in [5.74, 6) is -0.581. The number of nitrogens with two attached hydrogens (primary N) is 2. The first kappa shape index (κ1) is 17.3. The van der Waals surface area contributed by atoms with Crippen LogP contribution in [0, 0.1) is 0 Å². The van der Waals surface area contributed by atoms with E-state index in [2.05, 4.69) is 0 Å². The van der Waals surface area contributed by atoms with Crippen LogP contribution in [0.3, 0.4) is 0 Å². The second-order valence-electron chi connectivity index (χ2n) is 4.78. The molecule has 0 saturated heterocycles. The van der Waals surface area contributed by atoms with E-state index in [9.17, 15) is 18.0 Å². The number of hydrogen-bond acceptors (Lipinski definition) is 3. The number of amides is 1. The fourth-order valence-electron chi connectivity index (χ4n) is 2.04. The summed E-state index contributed by atoms with van der Waals surface area (Å²) in [6.07, 6.45) is -2.86. The lowest BCUT2D eigenvalue weighted by Crippen LogP contribution is -2.34. The number of carbonyl (C=O) groups excluding carboxylic acids is 1. The van der Waals surface area contributed by atoms with Crippen LogP contribution in [0.2, 0.25) is 0 Å². The molecule has 1 aromatic carbocycles. The number of alkyl halides is 3. The zero-order valence-electron chi connectivity index (χ0n) is 11.9. The first-order valence-corrected chi connectivity index (χ1v) is 6.73. The first-order valence-electron chi connectivity index (χ1n) is 6.73. The van der Waals surface area contributed by atoms with Crippen LogP contribution in [-0.4, -0.2) is 19.0 Å². The highest BCUT2D eigenvalue weighted by molar-refractivity contribution is 5.79. The van der Waals surface area contributed by atoms with E-state index in [1.165, 1.54) is 12.1 Å². The first-order chi connectivity index (χ1) is 9.79. The van der Waals surface area contributed by atoms with E-state index in [1.807, 2.05) is 6.92 Å². The normalized spacial score (nSPS) is 11.5. The SMILES string of the molecule is CCCCN(CC(N)=O)c1ccc(CN)c(C(F)(F)F)c1. The van der Waals surface area contributed by atoms with Gasteiger partial charge in [-0.2, -0.15) is 13.2 Å². The number of benzene rings is 1. The Bertz CT molecular complexity index is 489. The van der Waals surface area contributed by atoms with Crippen LogP contribution in [0.15, 0.2) is 18.2 Å². The Morgan fingerprint density at radius 1 is 1.33 bits per heavy atom.